The molecule has 32 heavy (non-hydrogen) atoms. The normalized spacial score (nSPS) is 11.7. The van der Waals surface area contributed by atoms with Crippen LogP contribution in [0.2, 0.25) is 0 Å². The van der Waals surface area contributed by atoms with Gasteiger partial charge in [-0.1, -0.05) is 35.5 Å². The second kappa shape index (κ2) is 9.78. The zero-order valence-corrected chi connectivity index (χ0v) is 19.4. The van der Waals surface area contributed by atoms with Gasteiger partial charge in [-0.2, -0.15) is 0 Å². The Kier molecular flexibility index (Phi) is 7.09. The van der Waals surface area contributed by atoms with Crippen LogP contribution in [-0.4, -0.2) is 32.2 Å². The molecule has 9 heteroatoms. The summed E-state index contributed by atoms with van der Waals surface area (Å²) in [6.07, 6.45) is 0. The fourth-order valence-electron chi connectivity index (χ4n) is 3.24. The minimum atomic E-state index is -0.512. The first-order chi connectivity index (χ1) is 15.1. The fraction of sp³-hybridized carbons (Fsp3) is 0.261. The molecular formula is C23H25N5O3S. The third-order valence-corrected chi connectivity index (χ3v) is 5.63. The van der Waals surface area contributed by atoms with Crippen LogP contribution in [0.3, 0.4) is 0 Å². The number of benzene rings is 2. The van der Waals surface area contributed by atoms with Crippen molar-refractivity contribution in [3.63, 3.8) is 0 Å². The van der Waals surface area contributed by atoms with Crippen LogP contribution < -0.4 is 16.2 Å². The van der Waals surface area contributed by atoms with Gasteiger partial charge in [0.2, 0.25) is 11.8 Å². The number of carbonyl (C=O) groups excluding carboxylic acids is 2. The highest BCUT2D eigenvalue weighted by molar-refractivity contribution is 8.00. The number of H-pyrrole nitrogens is 1. The predicted molar refractivity (Wildman–Crippen MR) is 127 cm³/mol. The van der Waals surface area contributed by atoms with Crippen molar-refractivity contribution >= 4 is 35.0 Å². The van der Waals surface area contributed by atoms with Gasteiger partial charge in [0.1, 0.15) is 0 Å². The average Bonchev–Trinajstić information content (AvgIpc) is 2.70. The zero-order valence-electron chi connectivity index (χ0n) is 18.6. The molecule has 0 saturated heterocycles. The molecule has 0 saturated carbocycles. The fourth-order valence-corrected chi connectivity index (χ4v) is 3.98. The van der Waals surface area contributed by atoms with Gasteiger partial charge in [0.05, 0.1) is 10.9 Å². The molecule has 2 amide bonds. The number of aryl methyl sites for hydroxylation is 3. The molecule has 1 unspecified atom stereocenters. The third-order valence-electron chi connectivity index (χ3n) is 4.66. The summed E-state index contributed by atoms with van der Waals surface area (Å²) >= 11 is 1.10. The standard InChI is InChI=1S/C23H25N5O3S/c1-12-7-6-8-17(10-12)25-21(30)15(4)32-23-26-22(31)20(27-28-23)18-11-13(2)9-14(3)19(18)24-16(5)29/h6-11,15H,1-5H3,(H,24,29)(H,25,30)(H,26,28,31). The monoisotopic (exact) mass is 451 g/mol. The summed E-state index contributed by atoms with van der Waals surface area (Å²) in [5.74, 6) is -0.460. The summed E-state index contributed by atoms with van der Waals surface area (Å²) < 4.78 is 0. The number of nitrogens with one attached hydrogen (secondary N) is 3. The molecule has 1 aromatic heterocycles. The highest BCUT2D eigenvalue weighted by Crippen LogP contribution is 2.30. The maximum Gasteiger partial charge on any atom is 0.278 e. The van der Waals surface area contributed by atoms with Crippen molar-refractivity contribution in [3.05, 3.63) is 63.4 Å². The van der Waals surface area contributed by atoms with Crippen molar-refractivity contribution in [1.82, 2.24) is 15.2 Å². The van der Waals surface area contributed by atoms with Gasteiger partial charge in [0.15, 0.2) is 10.9 Å². The Morgan fingerprint density at radius 1 is 1.03 bits per heavy atom. The first-order valence-electron chi connectivity index (χ1n) is 10.0. The number of nitrogens with zero attached hydrogens (tertiary/aromatic N) is 2. The Morgan fingerprint density at radius 2 is 1.78 bits per heavy atom. The largest absolute Gasteiger partial charge is 0.325 e. The Morgan fingerprint density at radius 3 is 2.44 bits per heavy atom. The smallest absolute Gasteiger partial charge is 0.278 e. The number of rotatable bonds is 6. The summed E-state index contributed by atoms with van der Waals surface area (Å²) in [6, 6.07) is 11.2. The average molecular weight is 452 g/mol. The number of anilines is 2. The molecule has 0 bridgehead atoms. The van der Waals surface area contributed by atoms with E-state index in [1.54, 1.807) is 13.0 Å². The number of carbonyl (C=O) groups is 2. The number of hydrogen-bond donors (Lipinski definition) is 3. The molecule has 2 aromatic carbocycles. The van der Waals surface area contributed by atoms with Crippen LogP contribution in [0.4, 0.5) is 11.4 Å². The molecule has 166 valence electrons. The number of aromatic amines is 1. The molecule has 0 aliphatic rings. The SMILES string of the molecule is CC(=O)Nc1c(C)cc(C)cc1-c1nnc(SC(C)C(=O)Nc2cccc(C)c2)[nH]c1=O. The van der Waals surface area contributed by atoms with E-state index in [9.17, 15) is 14.4 Å². The molecule has 3 N–H and O–H groups in total. The van der Waals surface area contributed by atoms with E-state index in [1.165, 1.54) is 6.92 Å². The van der Waals surface area contributed by atoms with E-state index in [0.717, 1.165) is 28.5 Å². The number of thioether (sulfide) groups is 1. The maximum atomic E-state index is 12.8. The highest BCUT2D eigenvalue weighted by Gasteiger charge is 2.19. The van der Waals surface area contributed by atoms with E-state index in [-0.39, 0.29) is 22.7 Å². The quantitative estimate of drug-likeness (QED) is 0.490. The summed E-state index contributed by atoms with van der Waals surface area (Å²) in [4.78, 5) is 39.6. The topological polar surface area (TPSA) is 117 Å². The van der Waals surface area contributed by atoms with Crippen LogP contribution in [0, 0.1) is 20.8 Å². The lowest BCUT2D eigenvalue weighted by Gasteiger charge is -2.14. The third kappa shape index (κ3) is 5.61. The molecule has 0 radical (unpaired) electrons. The Labute approximate surface area is 190 Å². The second-order valence-electron chi connectivity index (χ2n) is 7.61. The highest BCUT2D eigenvalue weighted by atomic mass is 32.2. The van der Waals surface area contributed by atoms with Gasteiger partial charge in [-0.3, -0.25) is 19.4 Å². The van der Waals surface area contributed by atoms with Crippen molar-refractivity contribution in [3.8, 4) is 11.3 Å². The lowest BCUT2D eigenvalue weighted by Crippen LogP contribution is -2.24. The van der Waals surface area contributed by atoms with E-state index in [4.69, 9.17) is 0 Å². The van der Waals surface area contributed by atoms with Gasteiger partial charge < -0.3 is 10.6 Å². The van der Waals surface area contributed by atoms with Gasteiger partial charge in [0, 0.05) is 18.2 Å². The van der Waals surface area contributed by atoms with Crippen molar-refractivity contribution in [2.45, 2.75) is 45.0 Å². The predicted octanol–water partition coefficient (Wildman–Crippen LogP) is 3.83. The van der Waals surface area contributed by atoms with Crippen LogP contribution >= 0.6 is 11.8 Å². The van der Waals surface area contributed by atoms with Crippen molar-refractivity contribution in [1.29, 1.82) is 0 Å². The zero-order chi connectivity index (χ0) is 23.4. The molecule has 0 spiro atoms. The summed E-state index contributed by atoms with van der Waals surface area (Å²) in [5.41, 5.74) is 4.15. The number of aromatic nitrogens is 3. The van der Waals surface area contributed by atoms with Crippen LogP contribution in [0.25, 0.3) is 11.3 Å². The Hall–Kier alpha value is -3.46. The second-order valence-corrected chi connectivity index (χ2v) is 8.94. The van der Waals surface area contributed by atoms with Crippen molar-refractivity contribution in [2.24, 2.45) is 0 Å². The van der Waals surface area contributed by atoms with Gasteiger partial charge in [-0.05, 0) is 57.0 Å². The number of amides is 2. The van der Waals surface area contributed by atoms with E-state index >= 15 is 0 Å². The van der Waals surface area contributed by atoms with Gasteiger partial charge in [-0.15, -0.1) is 10.2 Å². The van der Waals surface area contributed by atoms with E-state index in [0.29, 0.717) is 16.9 Å². The molecule has 0 aliphatic heterocycles. The lowest BCUT2D eigenvalue weighted by molar-refractivity contribution is -0.115. The van der Waals surface area contributed by atoms with Gasteiger partial charge in [0.25, 0.3) is 5.56 Å². The lowest BCUT2D eigenvalue weighted by atomic mass is 10.0. The van der Waals surface area contributed by atoms with Crippen LogP contribution in [0.15, 0.2) is 46.3 Å². The molecule has 0 fully saturated rings. The molecule has 3 rings (SSSR count). The van der Waals surface area contributed by atoms with Gasteiger partial charge >= 0.3 is 0 Å². The van der Waals surface area contributed by atoms with Crippen molar-refractivity contribution < 1.29 is 9.59 Å². The molecule has 3 aromatic rings. The van der Waals surface area contributed by atoms with E-state index in [2.05, 4.69) is 25.8 Å². The Bertz CT molecular complexity index is 1240. The minimum absolute atomic E-state index is 0.0989. The molecular weight excluding hydrogens is 426 g/mol. The van der Waals surface area contributed by atoms with Crippen LogP contribution in [-0.2, 0) is 9.59 Å². The summed E-state index contributed by atoms with van der Waals surface area (Å²) in [7, 11) is 0. The maximum absolute atomic E-state index is 12.8. The summed E-state index contributed by atoms with van der Waals surface area (Å²) in [5, 5.41) is 13.6. The van der Waals surface area contributed by atoms with Crippen molar-refractivity contribution in [2.75, 3.05) is 10.6 Å². The molecule has 8 nitrogen and oxygen atoms in total. The molecule has 1 heterocycles. The first-order valence-corrected chi connectivity index (χ1v) is 10.9. The molecule has 1 atom stereocenters. The summed E-state index contributed by atoms with van der Waals surface area (Å²) in [6.45, 7) is 8.82. The minimum Gasteiger partial charge on any atom is -0.325 e. The molecule has 0 aliphatic carbocycles. The Balaban J connectivity index is 1.82. The van der Waals surface area contributed by atoms with E-state index in [1.807, 2.05) is 51.1 Å². The van der Waals surface area contributed by atoms with Crippen LogP contribution in [0.1, 0.15) is 30.5 Å². The number of hydrogen-bond acceptors (Lipinski definition) is 6. The first kappa shape index (κ1) is 23.2. The van der Waals surface area contributed by atoms with E-state index < -0.39 is 10.8 Å². The van der Waals surface area contributed by atoms with Crippen LogP contribution in [0.5, 0.6) is 0 Å². The van der Waals surface area contributed by atoms with Gasteiger partial charge in [-0.25, -0.2) is 0 Å².